The van der Waals surface area contributed by atoms with Crippen LogP contribution in [0.15, 0.2) is 6.33 Å². The Labute approximate surface area is 111 Å². The van der Waals surface area contributed by atoms with Crippen molar-refractivity contribution in [1.29, 1.82) is 0 Å². The monoisotopic (exact) mass is 252 g/mol. The molecule has 0 aliphatic heterocycles. The fraction of sp³-hybridized carbons (Fsp3) is 0.857. The third-order valence-corrected chi connectivity index (χ3v) is 3.42. The fourth-order valence-corrected chi connectivity index (χ4v) is 2.36. The van der Waals surface area contributed by atoms with Crippen LogP contribution in [0.1, 0.15) is 59.3 Å². The van der Waals surface area contributed by atoms with Gasteiger partial charge < -0.3 is 5.32 Å². The van der Waals surface area contributed by atoms with Crippen molar-refractivity contribution in [2.75, 3.05) is 7.05 Å². The first-order valence-electron chi connectivity index (χ1n) is 6.92. The summed E-state index contributed by atoms with van der Waals surface area (Å²) in [6.45, 7) is 11.1. The lowest BCUT2D eigenvalue weighted by Crippen LogP contribution is -2.38. The Morgan fingerprint density at radius 2 is 2.00 bits per heavy atom. The van der Waals surface area contributed by atoms with Gasteiger partial charge in [-0.25, -0.2) is 9.67 Å². The van der Waals surface area contributed by atoms with Gasteiger partial charge in [-0.05, 0) is 39.2 Å². The zero-order valence-electron chi connectivity index (χ0n) is 12.7. The average molecular weight is 252 g/mol. The predicted molar refractivity (Wildman–Crippen MR) is 75.6 cm³/mol. The minimum absolute atomic E-state index is 0.306. The molecule has 1 aromatic heterocycles. The zero-order valence-corrected chi connectivity index (χ0v) is 12.7. The van der Waals surface area contributed by atoms with E-state index in [0.29, 0.717) is 17.5 Å². The molecule has 0 saturated heterocycles. The van der Waals surface area contributed by atoms with Gasteiger partial charge in [0.05, 0.1) is 0 Å². The molecule has 4 nitrogen and oxygen atoms in total. The van der Waals surface area contributed by atoms with Crippen molar-refractivity contribution in [2.24, 2.45) is 5.41 Å². The summed E-state index contributed by atoms with van der Waals surface area (Å²) in [5.74, 6) is 1.11. The summed E-state index contributed by atoms with van der Waals surface area (Å²) in [6, 6.07) is 0.943. The minimum atomic E-state index is 0.306. The van der Waals surface area contributed by atoms with E-state index >= 15 is 0 Å². The van der Waals surface area contributed by atoms with Gasteiger partial charge in [-0.2, -0.15) is 5.10 Å². The van der Waals surface area contributed by atoms with Crippen LogP contribution in [-0.4, -0.2) is 27.9 Å². The fourth-order valence-electron chi connectivity index (χ4n) is 2.36. The first-order valence-corrected chi connectivity index (χ1v) is 6.92. The van der Waals surface area contributed by atoms with Gasteiger partial charge in [0.25, 0.3) is 0 Å². The molecule has 18 heavy (non-hydrogen) atoms. The molecular formula is C14H28N4. The van der Waals surface area contributed by atoms with E-state index in [4.69, 9.17) is 0 Å². The topological polar surface area (TPSA) is 42.7 Å². The molecule has 0 radical (unpaired) electrons. The quantitative estimate of drug-likeness (QED) is 0.846. The van der Waals surface area contributed by atoms with E-state index in [-0.39, 0.29) is 0 Å². The largest absolute Gasteiger partial charge is 0.316 e. The number of nitrogens with zero attached hydrogens (tertiary/aromatic N) is 3. The highest BCUT2D eigenvalue weighted by Gasteiger charge is 2.22. The molecule has 0 aliphatic rings. The summed E-state index contributed by atoms with van der Waals surface area (Å²) in [6.07, 6.45) is 4.99. The average Bonchev–Trinajstić information content (AvgIpc) is 2.70. The smallest absolute Gasteiger partial charge is 0.138 e. The maximum Gasteiger partial charge on any atom is 0.138 e. The lowest BCUT2D eigenvalue weighted by molar-refractivity contribution is 0.263. The molecule has 104 valence electrons. The van der Waals surface area contributed by atoms with Crippen LogP contribution in [0.5, 0.6) is 0 Å². The van der Waals surface area contributed by atoms with Crippen molar-refractivity contribution < 1.29 is 0 Å². The van der Waals surface area contributed by atoms with E-state index in [1.165, 1.54) is 6.42 Å². The molecule has 0 saturated carbocycles. The zero-order chi connectivity index (χ0) is 13.8. The molecule has 4 heteroatoms. The highest BCUT2D eigenvalue weighted by molar-refractivity contribution is 4.88. The molecule has 1 aromatic rings. The van der Waals surface area contributed by atoms with E-state index in [9.17, 15) is 0 Å². The second kappa shape index (κ2) is 6.32. The maximum absolute atomic E-state index is 4.35. The molecule has 1 rings (SSSR count). The molecule has 1 heterocycles. The van der Waals surface area contributed by atoms with Crippen LogP contribution in [0, 0.1) is 5.41 Å². The van der Waals surface area contributed by atoms with Gasteiger partial charge in [0.1, 0.15) is 12.2 Å². The van der Waals surface area contributed by atoms with Gasteiger partial charge in [-0.1, -0.05) is 20.8 Å². The Morgan fingerprint density at radius 3 is 2.50 bits per heavy atom. The van der Waals surface area contributed by atoms with Gasteiger partial charge in [0.2, 0.25) is 0 Å². The molecule has 0 aliphatic carbocycles. The molecule has 0 fully saturated rings. The van der Waals surface area contributed by atoms with Crippen molar-refractivity contribution in [3.8, 4) is 0 Å². The molecule has 0 aromatic carbocycles. The van der Waals surface area contributed by atoms with Crippen molar-refractivity contribution in [3.63, 3.8) is 0 Å². The van der Waals surface area contributed by atoms with E-state index in [1.54, 1.807) is 6.33 Å². The Balaban J connectivity index is 2.48. The van der Waals surface area contributed by atoms with Crippen LogP contribution >= 0.6 is 0 Å². The number of nitrogens with one attached hydrogen (secondary N) is 1. The SMILES string of the molecule is CNC(CCCc1ncnn1C(C)C)C(C)(C)C. The van der Waals surface area contributed by atoms with Crippen molar-refractivity contribution >= 4 is 0 Å². The highest BCUT2D eigenvalue weighted by atomic mass is 15.3. The van der Waals surface area contributed by atoms with Crippen LogP contribution in [0.3, 0.4) is 0 Å². The number of hydrogen-bond donors (Lipinski definition) is 1. The standard InChI is InChI=1S/C14H28N4/c1-11(2)18-13(16-10-17-18)9-7-8-12(15-6)14(3,4)5/h10-12,15H,7-9H2,1-6H3. The first kappa shape index (κ1) is 15.2. The normalized spacial score (nSPS) is 14.2. The number of aromatic nitrogens is 3. The third-order valence-electron chi connectivity index (χ3n) is 3.42. The van der Waals surface area contributed by atoms with Gasteiger partial charge >= 0.3 is 0 Å². The Bertz CT molecular complexity index is 349. The lowest BCUT2D eigenvalue weighted by Gasteiger charge is -2.30. The molecule has 1 N–H and O–H groups in total. The molecule has 0 amide bonds. The second-order valence-corrected chi connectivity index (χ2v) is 6.31. The van der Waals surface area contributed by atoms with E-state index in [2.05, 4.69) is 50.0 Å². The Kier molecular flexibility index (Phi) is 5.32. The first-order chi connectivity index (χ1) is 8.36. The van der Waals surface area contributed by atoms with Crippen molar-refractivity contribution in [3.05, 3.63) is 12.2 Å². The second-order valence-electron chi connectivity index (χ2n) is 6.31. The number of aryl methyl sites for hydroxylation is 1. The molecule has 0 bridgehead atoms. The van der Waals surface area contributed by atoms with Crippen LogP contribution < -0.4 is 5.32 Å². The van der Waals surface area contributed by atoms with E-state index < -0.39 is 0 Å². The summed E-state index contributed by atoms with van der Waals surface area (Å²) < 4.78 is 2.02. The summed E-state index contributed by atoms with van der Waals surface area (Å²) in [5, 5.41) is 7.69. The summed E-state index contributed by atoms with van der Waals surface area (Å²) in [4.78, 5) is 4.35. The molecule has 0 spiro atoms. The minimum Gasteiger partial charge on any atom is -0.316 e. The Morgan fingerprint density at radius 1 is 1.33 bits per heavy atom. The van der Waals surface area contributed by atoms with Gasteiger partial charge in [-0.3, -0.25) is 0 Å². The van der Waals surface area contributed by atoms with Crippen LogP contribution in [0.2, 0.25) is 0 Å². The third kappa shape index (κ3) is 4.09. The maximum atomic E-state index is 4.35. The van der Waals surface area contributed by atoms with Crippen molar-refractivity contribution in [2.45, 2.75) is 66.0 Å². The van der Waals surface area contributed by atoms with Crippen LogP contribution in [0.25, 0.3) is 0 Å². The Hall–Kier alpha value is -0.900. The summed E-state index contributed by atoms with van der Waals surface area (Å²) in [5.41, 5.74) is 0.306. The number of rotatable bonds is 6. The van der Waals surface area contributed by atoms with Crippen molar-refractivity contribution in [1.82, 2.24) is 20.1 Å². The van der Waals surface area contributed by atoms with Crippen LogP contribution in [0.4, 0.5) is 0 Å². The molecular weight excluding hydrogens is 224 g/mol. The predicted octanol–water partition coefficient (Wildman–Crippen LogP) is 2.82. The van der Waals surface area contributed by atoms with E-state index in [0.717, 1.165) is 18.7 Å². The highest BCUT2D eigenvalue weighted by Crippen LogP contribution is 2.23. The van der Waals surface area contributed by atoms with Gasteiger partial charge in [0.15, 0.2) is 0 Å². The summed E-state index contributed by atoms with van der Waals surface area (Å²) in [7, 11) is 2.05. The van der Waals surface area contributed by atoms with Crippen LogP contribution in [-0.2, 0) is 6.42 Å². The van der Waals surface area contributed by atoms with Gasteiger partial charge in [0, 0.05) is 18.5 Å². The number of hydrogen-bond acceptors (Lipinski definition) is 3. The van der Waals surface area contributed by atoms with Gasteiger partial charge in [-0.15, -0.1) is 0 Å². The van der Waals surface area contributed by atoms with E-state index in [1.807, 2.05) is 11.7 Å². The molecule has 1 atom stereocenters. The molecule has 1 unspecified atom stereocenters. The summed E-state index contributed by atoms with van der Waals surface area (Å²) >= 11 is 0. The lowest BCUT2D eigenvalue weighted by atomic mass is 9.84.